The molecule has 24 heavy (non-hydrogen) atoms. The summed E-state index contributed by atoms with van der Waals surface area (Å²) in [6.45, 7) is 2.71. The molecule has 2 aromatic rings. The number of aryl methyl sites for hydroxylation is 1. The highest BCUT2D eigenvalue weighted by atomic mass is 32.2. The molecule has 0 spiro atoms. The molecule has 0 fully saturated rings. The number of ether oxygens (including phenoxy) is 1. The van der Waals surface area contributed by atoms with Crippen LogP contribution in [0.15, 0.2) is 58.4 Å². The number of nitrogens with zero attached hydrogens (tertiary/aromatic N) is 2. The van der Waals surface area contributed by atoms with Crippen molar-refractivity contribution in [1.29, 1.82) is 0 Å². The molecule has 5 nitrogen and oxygen atoms in total. The zero-order valence-corrected chi connectivity index (χ0v) is 14.6. The zero-order valence-electron chi connectivity index (χ0n) is 13.8. The van der Waals surface area contributed by atoms with Crippen molar-refractivity contribution in [2.45, 2.75) is 18.2 Å². The average molecular weight is 344 g/mol. The largest absolute Gasteiger partial charge is 0.495 e. The van der Waals surface area contributed by atoms with Gasteiger partial charge in [0.15, 0.2) is 0 Å². The highest BCUT2D eigenvalue weighted by molar-refractivity contribution is 7.89. The Morgan fingerprint density at radius 3 is 2.62 bits per heavy atom. The topological polar surface area (TPSA) is 59.0 Å². The highest BCUT2D eigenvalue weighted by Crippen LogP contribution is 2.29. The van der Waals surface area contributed by atoms with Gasteiger partial charge >= 0.3 is 0 Å². The molecule has 0 bridgehead atoms. The lowest BCUT2D eigenvalue weighted by atomic mass is 10.1. The minimum Gasteiger partial charge on any atom is -0.495 e. The summed E-state index contributed by atoms with van der Waals surface area (Å²) in [5, 5.41) is 0. The van der Waals surface area contributed by atoms with Crippen molar-refractivity contribution < 1.29 is 13.2 Å². The third-order valence-electron chi connectivity index (χ3n) is 3.98. The van der Waals surface area contributed by atoms with E-state index in [0.29, 0.717) is 31.1 Å². The van der Waals surface area contributed by atoms with Crippen LogP contribution in [0.2, 0.25) is 0 Å². The van der Waals surface area contributed by atoms with Gasteiger partial charge < -0.3 is 4.74 Å². The van der Waals surface area contributed by atoms with E-state index in [0.717, 1.165) is 11.1 Å². The van der Waals surface area contributed by atoms with Gasteiger partial charge in [0.05, 0.1) is 20.2 Å². The van der Waals surface area contributed by atoms with E-state index in [1.165, 1.54) is 11.4 Å². The van der Waals surface area contributed by atoms with E-state index < -0.39 is 10.0 Å². The Kier molecular flexibility index (Phi) is 4.57. The maximum Gasteiger partial charge on any atom is 0.269 e. The predicted octanol–water partition coefficient (Wildman–Crippen LogP) is 2.65. The number of hydrogen-bond acceptors (Lipinski definition) is 4. The second kappa shape index (κ2) is 6.65. The van der Waals surface area contributed by atoms with Gasteiger partial charge in [0.25, 0.3) is 10.0 Å². The number of sulfonamides is 1. The molecule has 0 radical (unpaired) electrons. The first-order chi connectivity index (χ1) is 11.5. The first kappa shape index (κ1) is 16.5. The van der Waals surface area contributed by atoms with Crippen molar-refractivity contribution >= 4 is 15.9 Å². The maximum atomic E-state index is 13.1. The van der Waals surface area contributed by atoms with Gasteiger partial charge in [-0.25, -0.2) is 8.42 Å². The summed E-state index contributed by atoms with van der Waals surface area (Å²) in [4.78, 5) is 4.59. The second-order valence-corrected chi connectivity index (χ2v) is 7.52. The monoisotopic (exact) mass is 344 g/mol. The van der Waals surface area contributed by atoms with Gasteiger partial charge in [-0.2, -0.15) is 0 Å². The molecule has 126 valence electrons. The number of amidine groups is 1. The number of methoxy groups -OCH3 is 1. The fourth-order valence-corrected chi connectivity index (χ4v) is 4.46. The lowest BCUT2D eigenvalue weighted by molar-refractivity contribution is 0.401. The van der Waals surface area contributed by atoms with Crippen LogP contribution in [-0.4, -0.2) is 38.8 Å². The van der Waals surface area contributed by atoms with E-state index in [9.17, 15) is 8.42 Å². The van der Waals surface area contributed by atoms with Crippen molar-refractivity contribution in [3.63, 3.8) is 0 Å². The molecule has 1 heterocycles. The van der Waals surface area contributed by atoms with Gasteiger partial charge in [-0.3, -0.25) is 9.30 Å². The first-order valence-corrected chi connectivity index (χ1v) is 9.21. The Hall–Kier alpha value is -2.34. The van der Waals surface area contributed by atoms with Crippen LogP contribution in [0.4, 0.5) is 0 Å². The standard InChI is InChI=1S/C18H20N2O3S/c1-14-8-9-16(23-2)17(12-14)24(21,22)20-11-10-19-18(20)13-15-6-4-3-5-7-15/h3-9,12H,10-11,13H2,1-2H3. The molecule has 0 N–H and O–H groups in total. The van der Waals surface area contributed by atoms with Crippen molar-refractivity contribution in [3.05, 3.63) is 59.7 Å². The van der Waals surface area contributed by atoms with Gasteiger partial charge in [0, 0.05) is 6.42 Å². The highest BCUT2D eigenvalue weighted by Gasteiger charge is 2.32. The Morgan fingerprint density at radius 1 is 1.17 bits per heavy atom. The van der Waals surface area contributed by atoms with Gasteiger partial charge in [-0.05, 0) is 30.2 Å². The fraction of sp³-hybridized carbons (Fsp3) is 0.278. The van der Waals surface area contributed by atoms with Crippen molar-refractivity contribution in [1.82, 2.24) is 4.31 Å². The summed E-state index contributed by atoms with van der Waals surface area (Å²) in [7, 11) is -2.22. The van der Waals surface area contributed by atoms with E-state index in [1.54, 1.807) is 12.1 Å². The Morgan fingerprint density at radius 2 is 1.92 bits per heavy atom. The Labute approximate surface area is 142 Å². The van der Waals surface area contributed by atoms with Crippen LogP contribution in [0.3, 0.4) is 0 Å². The van der Waals surface area contributed by atoms with E-state index in [1.807, 2.05) is 43.3 Å². The van der Waals surface area contributed by atoms with Crippen LogP contribution < -0.4 is 4.74 Å². The van der Waals surface area contributed by atoms with Crippen LogP contribution in [0, 0.1) is 6.92 Å². The number of aliphatic imine (C=N–C) groups is 1. The van der Waals surface area contributed by atoms with Crippen LogP contribution in [0.5, 0.6) is 5.75 Å². The SMILES string of the molecule is COc1ccc(C)cc1S(=O)(=O)N1CCN=C1Cc1ccccc1. The summed E-state index contributed by atoms with van der Waals surface area (Å²) in [5.74, 6) is 0.927. The quantitative estimate of drug-likeness (QED) is 0.838. The molecule has 0 saturated heterocycles. The van der Waals surface area contributed by atoms with Crippen LogP contribution in [0.1, 0.15) is 11.1 Å². The molecule has 1 aliphatic rings. The molecule has 0 atom stereocenters. The molecule has 1 aliphatic heterocycles. The van der Waals surface area contributed by atoms with Crippen molar-refractivity contribution in [2.24, 2.45) is 4.99 Å². The second-order valence-electron chi connectivity index (χ2n) is 5.69. The third-order valence-corrected chi connectivity index (χ3v) is 5.83. The molecule has 0 saturated carbocycles. The lowest BCUT2D eigenvalue weighted by Crippen LogP contribution is -2.35. The van der Waals surface area contributed by atoms with Crippen LogP contribution in [-0.2, 0) is 16.4 Å². The smallest absolute Gasteiger partial charge is 0.269 e. The molecule has 6 heteroatoms. The summed E-state index contributed by atoms with van der Waals surface area (Å²) in [5.41, 5.74) is 1.91. The fourth-order valence-electron chi connectivity index (χ4n) is 2.76. The van der Waals surface area contributed by atoms with Crippen LogP contribution >= 0.6 is 0 Å². The number of rotatable bonds is 5. The van der Waals surface area contributed by atoms with E-state index >= 15 is 0 Å². The lowest BCUT2D eigenvalue weighted by Gasteiger charge is -2.22. The minimum absolute atomic E-state index is 0.188. The van der Waals surface area contributed by atoms with Crippen molar-refractivity contribution in [2.75, 3.05) is 20.2 Å². The first-order valence-electron chi connectivity index (χ1n) is 7.77. The number of benzene rings is 2. The van der Waals surface area contributed by atoms with E-state index in [4.69, 9.17) is 4.74 Å². The maximum absolute atomic E-state index is 13.1. The van der Waals surface area contributed by atoms with Crippen molar-refractivity contribution in [3.8, 4) is 5.75 Å². The molecule has 0 aliphatic carbocycles. The van der Waals surface area contributed by atoms with Gasteiger partial charge in [-0.15, -0.1) is 0 Å². The molecule has 0 amide bonds. The van der Waals surface area contributed by atoms with Gasteiger partial charge in [-0.1, -0.05) is 36.4 Å². The molecule has 0 aromatic heterocycles. The van der Waals surface area contributed by atoms with Crippen LogP contribution in [0.25, 0.3) is 0 Å². The predicted molar refractivity (Wildman–Crippen MR) is 94.1 cm³/mol. The Balaban J connectivity index is 1.95. The zero-order chi connectivity index (χ0) is 17.2. The Bertz CT molecular complexity index is 861. The molecule has 0 unspecified atom stereocenters. The molecule has 2 aromatic carbocycles. The summed E-state index contributed by atoms with van der Waals surface area (Å²) < 4.78 is 32.9. The van der Waals surface area contributed by atoms with E-state index in [-0.39, 0.29) is 4.90 Å². The molecule has 3 rings (SSSR count). The van der Waals surface area contributed by atoms with E-state index in [2.05, 4.69) is 4.99 Å². The van der Waals surface area contributed by atoms with Gasteiger partial charge in [0.2, 0.25) is 0 Å². The van der Waals surface area contributed by atoms with Gasteiger partial charge in [0.1, 0.15) is 16.5 Å². The average Bonchev–Trinajstić information content (AvgIpc) is 3.04. The summed E-state index contributed by atoms with van der Waals surface area (Å²) in [6, 6.07) is 14.9. The normalized spacial score (nSPS) is 14.6. The molecular weight excluding hydrogens is 324 g/mol. The number of hydrogen-bond donors (Lipinski definition) is 0. The molecular formula is C18H20N2O3S. The third kappa shape index (κ3) is 3.14. The summed E-state index contributed by atoms with van der Waals surface area (Å²) >= 11 is 0. The minimum atomic E-state index is -3.70. The summed E-state index contributed by atoms with van der Waals surface area (Å²) in [6.07, 6.45) is 0.494.